The van der Waals surface area contributed by atoms with E-state index in [4.69, 9.17) is 11.6 Å². The van der Waals surface area contributed by atoms with E-state index in [1.54, 1.807) is 24.3 Å². The van der Waals surface area contributed by atoms with Gasteiger partial charge in [0.05, 0.1) is 5.92 Å². The van der Waals surface area contributed by atoms with E-state index in [1.165, 1.54) is 12.8 Å². The second-order valence-electron chi connectivity index (χ2n) is 8.99. The van der Waals surface area contributed by atoms with Crippen LogP contribution in [0.1, 0.15) is 68.6 Å². The summed E-state index contributed by atoms with van der Waals surface area (Å²) in [6.45, 7) is 3.60. The van der Waals surface area contributed by atoms with Gasteiger partial charge in [-0.15, -0.1) is 0 Å². The molecule has 2 amide bonds. The molecule has 1 aromatic rings. The van der Waals surface area contributed by atoms with Crippen LogP contribution in [-0.4, -0.2) is 46.8 Å². The van der Waals surface area contributed by atoms with Gasteiger partial charge in [-0.2, -0.15) is 0 Å². The highest BCUT2D eigenvalue weighted by molar-refractivity contribution is 6.30. The standard InChI is InChI=1S/C23H31ClN2O2/c1-16-4-10-20(11-5-16)26(21-12-13-21)23(28)18-3-2-14-25(15-18)22(27)17-6-8-19(24)9-7-17/h6-9,16,18,20-21H,2-5,10-15H2,1H3. The van der Waals surface area contributed by atoms with Gasteiger partial charge in [-0.25, -0.2) is 0 Å². The number of carbonyl (C=O) groups is 2. The van der Waals surface area contributed by atoms with E-state index in [0.717, 1.165) is 51.0 Å². The van der Waals surface area contributed by atoms with Crippen LogP contribution in [0.25, 0.3) is 0 Å². The van der Waals surface area contributed by atoms with Gasteiger partial charge >= 0.3 is 0 Å². The van der Waals surface area contributed by atoms with E-state index in [1.807, 2.05) is 4.90 Å². The SMILES string of the molecule is CC1CCC(N(C(=O)C2CCCN(C(=O)c3ccc(Cl)cc3)C2)C2CC2)CC1. The van der Waals surface area contributed by atoms with Crippen molar-refractivity contribution in [1.82, 2.24) is 9.80 Å². The third-order valence-electron chi connectivity index (χ3n) is 6.72. The number of carbonyl (C=O) groups excluding carboxylic acids is 2. The third kappa shape index (κ3) is 4.37. The average molecular weight is 403 g/mol. The summed E-state index contributed by atoms with van der Waals surface area (Å²) in [6, 6.07) is 7.92. The lowest BCUT2D eigenvalue weighted by Crippen LogP contribution is -2.51. The van der Waals surface area contributed by atoms with Gasteiger partial charge in [0.2, 0.25) is 5.91 Å². The Balaban J connectivity index is 1.43. The number of piperidine rings is 1. The fourth-order valence-corrected chi connectivity index (χ4v) is 5.01. The average Bonchev–Trinajstić information content (AvgIpc) is 3.55. The number of halogens is 1. The van der Waals surface area contributed by atoms with E-state index in [0.29, 0.717) is 35.1 Å². The molecule has 5 heteroatoms. The van der Waals surface area contributed by atoms with Crippen LogP contribution in [0, 0.1) is 11.8 Å². The minimum absolute atomic E-state index is 0.0126. The highest BCUT2D eigenvalue weighted by Crippen LogP contribution is 2.37. The minimum atomic E-state index is -0.0510. The van der Waals surface area contributed by atoms with Crippen LogP contribution >= 0.6 is 11.6 Å². The van der Waals surface area contributed by atoms with E-state index in [-0.39, 0.29) is 11.8 Å². The molecule has 152 valence electrons. The fourth-order valence-electron chi connectivity index (χ4n) is 4.88. The Labute approximate surface area is 173 Å². The Hall–Kier alpha value is -1.55. The first-order valence-corrected chi connectivity index (χ1v) is 11.3. The number of hydrogen-bond donors (Lipinski definition) is 0. The molecule has 1 aromatic carbocycles. The molecule has 0 spiro atoms. The molecule has 1 unspecified atom stereocenters. The predicted molar refractivity (Wildman–Crippen MR) is 111 cm³/mol. The third-order valence-corrected chi connectivity index (χ3v) is 6.97. The van der Waals surface area contributed by atoms with Gasteiger partial charge in [0.25, 0.3) is 5.91 Å². The number of amides is 2. The highest BCUT2D eigenvalue weighted by atomic mass is 35.5. The van der Waals surface area contributed by atoms with Crippen LogP contribution < -0.4 is 0 Å². The Morgan fingerprint density at radius 1 is 0.964 bits per heavy atom. The van der Waals surface area contributed by atoms with Crippen molar-refractivity contribution in [3.63, 3.8) is 0 Å². The first kappa shape index (κ1) is 19.8. The summed E-state index contributed by atoms with van der Waals surface area (Å²) in [4.78, 5) is 30.5. The number of nitrogens with zero attached hydrogens (tertiary/aromatic N) is 2. The summed E-state index contributed by atoms with van der Waals surface area (Å²) in [6.07, 6.45) is 8.84. The van der Waals surface area contributed by atoms with Gasteiger partial charge in [-0.05, 0) is 81.5 Å². The molecule has 28 heavy (non-hydrogen) atoms. The maximum atomic E-state index is 13.5. The van der Waals surface area contributed by atoms with Crippen molar-refractivity contribution >= 4 is 23.4 Å². The van der Waals surface area contributed by atoms with E-state index in [2.05, 4.69) is 11.8 Å². The lowest BCUT2D eigenvalue weighted by Gasteiger charge is -2.40. The monoisotopic (exact) mass is 402 g/mol. The Bertz CT molecular complexity index is 708. The summed E-state index contributed by atoms with van der Waals surface area (Å²) >= 11 is 5.94. The normalized spacial score (nSPS) is 28.1. The van der Waals surface area contributed by atoms with Crippen LogP contribution in [0.5, 0.6) is 0 Å². The Kier molecular flexibility index (Phi) is 5.96. The summed E-state index contributed by atoms with van der Waals surface area (Å²) < 4.78 is 0. The summed E-state index contributed by atoms with van der Waals surface area (Å²) in [5.41, 5.74) is 0.651. The van der Waals surface area contributed by atoms with Gasteiger partial charge in [0.15, 0.2) is 0 Å². The van der Waals surface area contributed by atoms with Gasteiger partial charge in [-0.3, -0.25) is 9.59 Å². The summed E-state index contributed by atoms with van der Waals surface area (Å²) in [5, 5.41) is 0.630. The first-order valence-electron chi connectivity index (χ1n) is 10.9. The second kappa shape index (κ2) is 8.44. The van der Waals surface area contributed by atoms with Crippen LogP contribution in [0.15, 0.2) is 24.3 Å². The minimum Gasteiger partial charge on any atom is -0.338 e. The molecule has 1 heterocycles. The summed E-state index contributed by atoms with van der Waals surface area (Å²) in [7, 11) is 0. The van der Waals surface area contributed by atoms with Crippen LogP contribution in [0.2, 0.25) is 5.02 Å². The van der Waals surface area contributed by atoms with Gasteiger partial charge in [0.1, 0.15) is 0 Å². The lowest BCUT2D eigenvalue weighted by atomic mass is 9.85. The molecule has 1 atom stereocenters. The molecular weight excluding hydrogens is 372 g/mol. The first-order chi connectivity index (χ1) is 13.5. The van der Waals surface area contributed by atoms with Gasteiger partial charge in [0, 0.05) is 35.8 Å². The Morgan fingerprint density at radius 2 is 1.57 bits per heavy atom. The largest absolute Gasteiger partial charge is 0.338 e. The van der Waals surface area contributed by atoms with Crippen molar-refractivity contribution in [2.24, 2.45) is 11.8 Å². The van der Waals surface area contributed by atoms with Crippen LogP contribution in [-0.2, 0) is 4.79 Å². The molecule has 0 bridgehead atoms. The van der Waals surface area contributed by atoms with Gasteiger partial charge < -0.3 is 9.80 Å². The van der Waals surface area contributed by atoms with Crippen molar-refractivity contribution in [3.8, 4) is 0 Å². The molecule has 0 N–H and O–H groups in total. The quantitative estimate of drug-likeness (QED) is 0.728. The van der Waals surface area contributed by atoms with Crippen molar-refractivity contribution in [2.45, 2.75) is 70.4 Å². The van der Waals surface area contributed by atoms with Crippen molar-refractivity contribution < 1.29 is 9.59 Å². The van der Waals surface area contributed by atoms with Crippen molar-refractivity contribution in [1.29, 1.82) is 0 Å². The van der Waals surface area contributed by atoms with E-state index in [9.17, 15) is 9.59 Å². The molecule has 2 saturated carbocycles. The Morgan fingerprint density at radius 3 is 2.18 bits per heavy atom. The lowest BCUT2D eigenvalue weighted by molar-refractivity contribution is -0.141. The molecule has 4 nitrogen and oxygen atoms in total. The zero-order chi connectivity index (χ0) is 19.7. The topological polar surface area (TPSA) is 40.6 Å². The fraction of sp³-hybridized carbons (Fsp3) is 0.652. The molecule has 3 fully saturated rings. The van der Waals surface area contributed by atoms with Gasteiger partial charge in [-0.1, -0.05) is 18.5 Å². The smallest absolute Gasteiger partial charge is 0.253 e. The zero-order valence-corrected chi connectivity index (χ0v) is 17.5. The predicted octanol–water partition coefficient (Wildman–Crippen LogP) is 4.76. The molecule has 2 aliphatic carbocycles. The molecule has 0 radical (unpaired) electrons. The maximum absolute atomic E-state index is 13.5. The molecule has 3 aliphatic rings. The van der Waals surface area contributed by atoms with Crippen molar-refractivity contribution in [3.05, 3.63) is 34.9 Å². The molecule has 1 saturated heterocycles. The summed E-state index contributed by atoms with van der Waals surface area (Å²) in [5.74, 6) is 1.05. The molecular formula is C23H31ClN2O2. The maximum Gasteiger partial charge on any atom is 0.253 e. The number of likely N-dealkylation sites (tertiary alicyclic amines) is 1. The van der Waals surface area contributed by atoms with E-state index >= 15 is 0 Å². The number of rotatable bonds is 4. The van der Waals surface area contributed by atoms with Crippen LogP contribution in [0.4, 0.5) is 0 Å². The molecule has 1 aliphatic heterocycles. The molecule has 0 aromatic heterocycles. The molecule has 4 rings (SSSR count). The highest BCUT2D eigenvalue weighted by Gasteiger charge is 2.42. The van der Waals surface area contributed by atoms with E-state index < -0.39 is 0 Å². The zero-order valence-electron chi connectivity index (χ0n) is 16.8. The second-order valence-corrected chi connectivity index (χ2v) is 9.42. The number of hydrogen-bond acceptors (Lipinski definition) is 2. The van der Waals surface area contributed by atoms with Crippen LogP contribution in [0.3, 0.4) is 0 Å². The number of benzene rings is 1. The van der Waals surface area contributed by atoms with Crippen molar-refractivity contribution in [2.75, 3.05) is 13.1 Å².